The molecule has 2 aliphatic heterocycles. The molecule has 6 heteroatoms. The number of hydrogen-bond acceptors (Lipinski definition) is 4. The second-order valence-corrected chi connectivity index (χ2v) is 11.3. The van der Waals surface area contributed by atoms with Gasteiger partial charge in [0.2, 0.25) is 0 Å². The van der Waals surface area contributed by atoms with Crippen LogP contribution in [-0.2, 0) is 16.3 Å². The van der Waals surface area contributed by atoms with Crippen molar-refractivity contribution in [3.8, 4) is 0 Å². The topological polar surface area (TPSA) is 59.4 Å². The van der Waals surface area contributed by atoms with Crippen LogP contribution in [0.3, 0.4) is 0 Å². The number of aryl methyl sites for hydroxylation is 1. The molecule has 0 aliphatic carbocycles. The van der Waals surface area contributed by atoms with Crippen molar-refractivity contribution in [1.29, 1.82) is 0 Å². The Bertz CT molecular complexity index is 1000. The third-order valence-electron chi connectivity index (χ3n) is 6.80. The van der Waals surface area contributed by atoms with Gasteiger partial charge in [-0.3, -0.25) is 9.69 Å². The molecular weight excluding hydrogens is 396 g/mol. The summed E-state index contributed by atoms with van der Waals surface area (Å²) in [5, 5.41) is 0. The average Bonchev–Trinajstić information content (AvgIpc) is 3.22. The molecular formula is C24H32N2O3S. The molecule has 0 amide bonds. The minimum Gasteiger partial charge on any atom is -0.344 e. The standard InChI is InChI=1S/C24H32N2O3S/c1-18-14-23(19(2)26(18)22-10-13-30(28,29)17-22)24(27)16-25-11-8-21(9-12-25)15-20-6-4-3-5-7-20/h3-7,14,21-22H,8-13,15-17H2,1-2H3/t22-/m0/s1. The summed E-state index contributed by atoms with van der Waals surface area (Å²) >= 11 is 0. The predicted molar refractivity (Wildman–Crippen MR) is 120 cm³/mol. The molecule has 3 heterocycles. The van der Waals surface area contributed by atoms with E-state index in [0.717, 1.165) is 49.3 Å². The van der Waals surface area contributed by atoms with E-state index in [-0.39, 0.29) is 23.3 Å². The molecule has 162 valence electrons. The van der Waals surface area contributed by atoms with Crippen molar-refractivity contribution in [3.63, 3.8) is 0 Å². The number of Topliss-reactive ketones (excluding diaryl/α,β-unsaturated/α-hetero) is 1. The van der Waals surface area contributed by atoms with Gasteiger partial charge in [-0.25, -0.2) is 8.42 Å². The number of carbonyl (C=O) groups excluding carboxylic acids is 1. The lowest BCUT2D eigenvalue weighted by atomic mass is 9.90. The van der Waals surface area contributed by atoms with Gasteiger partial charge in [-0.2, -0.15) is 0 Å². The summed E-state index contributed by atoms with van der Waals surface area (Å²) in [5.41, 5.74) is 4.05. The smallest absolute Gasteiger partial charge is 0.178 e. The molecule has 1 aromatic heterocycles. The molecule has 0 spiro atoms. The lowest BCUT2D eigenvalue weighted by Gasteiger charge is -2.31. The molecule has 0 N–H and O–H groups in total. The molecule has 0 saturated carbocycles. The van der Waals surface area contributed by atoms with Crippen molar-refractivity contribution in [2.75, 3.05) is 31.1 Å². The minimum atomic E-state index is -2.95. The molecule has 2 saturated heterocycles. The van der Waals surface area contributed by atoms with Gasteiger partial charge >= 0.3 is 0 Å². The molecule has 1 aromatic carbocycles. The second kappa shape index (κ2) is 8.67. The Morgan fingerprint density at radius 3 is 2.40 bits per heavy atom. The first-order valence-corrected chi connectivity index (χ1v) is 12.8. The summed E-state index contributed by atoms with van der Waals surface area (Å²) in [6.07, 6.45) is 4.01. The molecule has 1 atom stereocenters. The lowest BCUT2D eigenvalue weighted by molar-refractivity contribution is 0.0895. The Morgan fingerprint density at radius 1 is 1.07 bits per heavy atom. The third-order valence-corrected chi connectivity index (χ3v) is 8.55. The zero-order chi connectivity index (χ0) is 21.3. The van der Waals surface area contributed by atoms with Gasteiger partial charge in [0.25, 0.3) is 0 Å². The zero-order valence-corrected chi connectivity index (χ0v) is 18.8. The highest BCUT2D eigenvalue weighted by atomic mass is 32.2. The molecule has 2 fully saturated rings. The van der Waals surface area contributed by atoms with E-state index in [0.29, 0.717) is 18.9 Å². The minimum absolute atomic E-state index is 0.0368. The van der Waals surface area contributed by atoms with Gasteiger partial charge in [-0.1, -0.05) is 30.3 Å². The summed E-state index contributed by atoms with van der Waals surface area (Å²) in [6.45, 7) is 6.30. The van der Waals surface area contributed by atoms with Crippen LogP contribution < -0.4 is 0 Å². The van der Waals surface area contributed by atoms with Crippen molar-refractivity contribution in [2.24, 2.45) is 5.92 Å². The summed E-state index contributed by atoms with van der Waals surface area (Å²) < 4.78 is 25.9. The number of sulfone groups is 1. The van der Waals surface area contributed by atoms with E-state index in [2.05, 4.69) is 39.8 Å². The largest absolute Gasteiger partial charge is 0.344 e. The summed E-state index contributed by atoms with van der Waals surface area (Å²) in [6, 6.07) is 12.6. The fourth-order valence-corrected chi connectivity index (χ4v) is 6.88. The Balaban J connectivity index is 1.35. The van der Waals surface area contributed by atoms with Crippen LogP contribution in [-0.4, -0.2) is 54.8 Å². The van der Waals surface area contributed by atoms with Crippen LogP contribution in [0.4, 0.5) is 0 Å². The van der Waals surface area contributed by atoms with Crippen molar-refractivity contribution in [2.45, 2.75) is 45.6 Å². The molecule has 0 bridgehead atoms. The fourth-order valence-electron chi connectivity index (χ4n) is 5.18. The van der Waals surface area contributed by atoms with E-state index in [1.807, 2.05) is 19.9 Å². The van der Waals surface area contributed by atoms with E-state index in [1.165, 1.54) is 5.56 Å². The number of aromatic nitrogens is 1. The van der Waals surface area contributed by atoms with Crippen molar-refractivity contribution < 1.29 is 13.2 Å². The molecule has 2 aliphatic rings. The fraction of sp³-hybridized carbons (Fsp3) is 0.542. The highest BCUT2D eigenvalue weighted by molar-refractivity contribution is 7.91. The maximum Gasteiger partial charge on any atom is 0.178 e. The number of piperidine rings is 1. The summed E-state index contributed by atoms with van der Waals surface area (Å²) in [5.74, 6) is 1.27. The monoisotopic (exact) mass is 428 g/mol. The van der Waals surface area contributed by atoms with Gasteiger partial charge < -0.3 is 4.57 Å². The molecule has 0 radical (unpaired) electrons. The van der Waals surface area contributed by atoms with Crippen molar-refractivity contribution >= 4 is 15.6 Å². The lowest BCUT2D eigenvalue weighted by Crippen LogP contribution is -2.38. The van der Waals surface area contributed by atoms with Crippen LogP contribution in [0.5, 0.6) is 0 Å². The van der Waals surface area contributed by atoms with Crippen molar-refractivity contribution in [3.05, 3.63) is 58.9 Å². The number of nitrogens with zero attached hydrogens (tertiary/aromatic N) is 2. The Hall–Kier alpha value is -1.92. The van der Waals surface area contributed by atoms with Crippen LogP contribution in [0.2, 0.25) is 0 Å². The Labute approximate surface area is 180 Å². The van der Waals surface area contributed by atoms with Gasteiger partial charge in [0, 0.05) is 23.0 Å². The predicted octanol–water partition coefficient (Wildman–Crippen LogP) is 3.60. The van der Waals surface area contributed by atoms with Gasteiger partial charge in [-0.05, 0) is 70.2 Å². The molecule has 5 nitrogen and oxygen atoms in total. The summed E-state index contributed by atoms with van der Waals surface area (Å²) in [4.78, 5) is 15.3. The van der Waals surface area contributed by atoms with Crippen LogP contribution in [0.1, 0.15) is 52.6 Å². The Morgan fingerprint density at radius 2 is 1.77 bits per heavy atom. The molecule has 4 rings (SSSR count). The van der Waals surface area contributed by atoms with Gasteiger partial charge in [0.1, 0.15) is 0 Å². The van der Waals surface area contributed by atoms with Gasteiger partial charge in [-0.15, -0.1) is 0 Å². The second-order valence-electron chi connectivity index (χ2n) is 9.04. The molecule has 0 unspecified atom stereocenters. The SMILES string of the molecule is Cc1cc(C(=O)CN2CCC(Cc3ccccc3)CC2)c(C)n1[C@H]1CCS(=O)(=O)C1. The summed E-state index contributed by atoms with van der Waals surface area (Å²) in [7, 11) is -2.95. The first kappa shape index (κ1) is 21.3. The molecule has 30 heavy (non-hydrogen) atoms. The first-order valence-electron chi connectivity index (χ1n) is 11.0. The maximum absolute atomic E-state index is 13.0. The van der Waals surface area contributed by atoms with Crippen LogP contribution in [0, 0.1) is 19.8 Å². The van der Waals surface area contributed by atoms with E-state index in [9.17, 15) is 13.2 Å². The number of likely N-dealkylation sites (tertiary alicyclic amines) is 1. The van der Waals surface area contributed by atoms with Gasteiger partial charge in [0.15, 0.2) is 15.6 Å². The van der Waals surface area contributed by atoms with Gasteiger partial charge in [0.05, 0.1) is 18.1 Å². The Kier molecular flexibility index (Phi) is 6.16. The third kappa shape index (κ3) is 4.70. The molecule has 2 aromatic rings. The highest BCUT2D eigenvalue weighted by Crippen LogP contribution is 2.29. The number of ketones is 1. The number of hydrogen-bond donors (Lipinski definition) is 0. The zero-order valence-electron chi connectivity index (χ0n) is 18.0. The average molecular weight is 429 g/mol. The van der Waals surface area contributed by atoms with E-state index < -0.39 is 9.84 Å². The van der Waals surface area contributed by atoms with E-state index in [4.69, 9.17) is 0 Å². The first-order chi connectivity index (χ1) is 14.3. The van der Waals surface area contributed by atoms with E-state index >= 15 is 0 Å². The quantitative estimate of drug-likeness (QED) is 0.660. The maximum atomic E-state index is 13.0. The van der Waals surface area contributed by atoms with Crippen LogP contribution in [0.15, 0.2) is 36.4 Å². The van der Waals surface area contributed by atoms with Crippen molar-refractivity contribution in [1.82, 2.24) is 9.47 Å². The normalized spacial score (nSPS) is 22.4. The highest BCUT2D eigenvalue weighted by Gasteiger charge is 2.32. The number of benzene rings is 1. The number of carbonyl (C=O) groups is 1. The van der Waals surface area contributed by atoms with Crippen LogP contribution in [0.25, 0.3) is 0 Å². The van der Waals surface area contributed by atoms with E-state index in [1.54, 1.807) is 0 Å². The van der Waals surface area contributed by atoms with Crippen LogP contribution >= 0.6 is 0 Å². The number of rotatable bonds is 6.